The normalized spacial score (nSPS) is 11.1. The Morgan fingerprint density at radius 3 is 2.53 bits per heavy atom. The van der Waals surface area contributed by atoms with Gasteiger partial charge in [0.15, 0.2) is 0 Å². The van der Waals surface area contributed by atoms with Gasteiger partial charge in [-0.15, -0.1) is 0 Å². The average Bonchev–Trinajstić information content (AvgIpc) is 2.97. The van der Waals surface area contributed by atoms with Crippen molar-refractivity contribution in [2.24, 2.45) is 5.10 Å². The topological polar surface area (TPSA) is 89.5 Å². The molecule has 7 nitrogen and oxygen atoms in total. The first kappa shape index (κ1) is 21.5. The van der Waals surface area contributed by atoms with Crippen LogP contribution < -0.4 is 5.43 Å². The van der Waals surface area contributed by atoms with Crippen LogP contribution in [0.5, 0.6) is 0 Å². The lowest BCUT2D eigenvalue weighted by Gasteiger charge is -2.10. The lowest BCUT2D eigenvalue weighted by atomic mass is 10.1. The van der Waals surface area contributed by atoms with Gasteiger partial charge in [-0.25, -0.2) is 5.43 Å². The van der Waals surface area contributed by atoms with Gasteiger partial charge in [0, 0.05) is 34.3 Å². The maximum atomic E-state index is 12.4. The van der Waals surface area contributed by atoms with Gasteiger partial charge in [0.25, 0.3) is 11.6 Å². The molecule has 0 fully saturated rings. The number of aryl methyl sites for hydroxylation is 1. The average molecular weight is 445 g/mol. The number of hydrogen-bond acceptors (Lipinski definition) is 4. The molecule has 3 rings (SSSR count). The number of halogens is 2. The number of nitrogens with one attached hydrogen (secondary N) is 1. The van der Waals surface area contributed by atoms with E-state index < -0.39 is 10.8 Å². The van der Waals surface area contributed by atoms with Crippen molar-refractivity contribution in [3.8, 4) is 5.69 Å². The summed E-state index contributed by atoms with van der Waals surface area (Å²) in [6, 6.07) is 11.6. The number of amides is 1. The van der Waals surface area contributed by atoms with E-state index in [4.69, 9.17) is 23.2 Å². The number of rotatable bonds is 5. The quantitative estimate of drug-likeness (QED) is 0.325. The Balaban J connectivity index is 1.82. The number of nitro groups is 1. The Hall–Kier alpha value is -3.16. The molecule has 2 aromatic carbocycles. The lowest BCUT2D eigenvalue weighted by Crippen LogP contribution is -2.19. The van der Waals surface area contributed by atoms with Crippen molar-refractivity contribution < 1.29 is 9.72 Å². The van der Waals surface area contributed by atoms with Crippen LogP contribution in [0.4, 0.5) is 5.69 Å². The second-order valence-corrected chi connectivity index (χ2v) is 7.48. The van der Waals surface area contributed by atoms with Crippen LogP contribution in [0.15, 0.2) is 47.6 Å². The summed E-state index contributed by atoms with van der Waals surface area (Å²) in [6.07, 6.45) is 1.53. The van der Waals surface area contributed by atoms with Crippen molar-refractivity contribution in [3.63, 3.8) is 0 Å². The second-order valence-electron chi connectivity index (χ2n) is 6.67. The standard InChI is InChI=1S/C21H18Cl2N4O3/c1-12-9-15(14(3)26(12)16-7-8-18(22)19(23)10-16)11-24-25-21(28)17-5-4-6-20(13(17)2)27(29)30/h4-11H,1-3H3,(H,25,28)/b24-11-. The molecule has 1 heterocycles. The fraction of sp³-hybridized carbons (Fsp3) is 0.143. The first-order valence-corrected chi connectivity index (χ1v) is 9.68. The first-order chi connectivity index (χ1) is 14.2. The van der Waals surface area contributed by atoms with Crippen LogP contribution in [0.25, 0.3) is 5.69 Å². The number of nitro benzene ring substituents is 1. The Labute approximate surface area is 183 Å². The van der Waals surface area contributed by atoms with Crippen molar-refractivity contribution in [2.45, 2.75) is 20.8 Å². The molecular weight excluding hydrogens is 427 g/mol. The van der Waals surface area contributed by atoms with E-state index in [0.29, 0.717) is 10.0 Å². The highest BCUT2D eigenvalue weighted by molar-refractivity contribution is 6.42. The van der Waals surface area contributed by atoms with Crippen molar-refractivity contribution in [2.75, 3.05) is 0 Å². The number of benzene rings is 2. The molecule has 0 aliphatic carbocycles. The minimum absolute atomic E-state index is 0.114. The summed E-state index contributed by atoms with van der Waals surface area (Å²) in [6.45, 7) is 5.39. The van der Waals surface area contributed by atoms with Crippen molar-refractivity contribution in [1.82, 2.24) is 9.99 Å². The zero-order valence-corrected chi connectivity index (χ0v) is 18.0. The molecule has 1 amide bonds. The van der Waals surface area contributed by atoms with Crippen LogP contribution >= 0.6 is 23.2 Å². The molecule has 9 heteroatoms. The number of hydrazone groups is 1. The summed E-state index contributed by atoms with van der Waals surface area (Å²) in [5.41, 5.74) is 6.30. The Kier molecular flexibility index (Phi) is 6.24. The molecule has 30 heavy (non-hydrogen) atoms. The largest absolute Gasteiger partial charge is 0.318 e. The molecule has 0 bridgehead atoms. The summed E-state index contributed by atoms with van der Waals surface area (Å²) in [5, 5.41) is 16.0. The van der Waals surface area contributed by atoms with Gasteiger partial charge in [0.1, 0.15) is 0 Å². The third-order valence-electron chi connectivity index (χ3n) is 4.75. The van der Waals surface area contributed by atoms with Crippen LogP contribution in [0, 0.1) is 30.9 Å². The van der Waals surface area contributed by atoms with Gasteiger partial charge in [0.05, 0.1) is 26.7 Å². The fourth-order valence-corrected chi connectivity index (χ4v) is 3.52. The highest BCUT2D eigenvalue weighted by Crippen LogP contribution is 2.27. The van der Waals surface area contributed by atoms with E-state index in [2.05, 4.69) is 10.5 Å². The van der Waals surface area contributed by atoms with Crippen molar-refractivity contribution in [3.05, 3.63) is 90.7 Å². The molecule has 0 radical (unpaired) electrons. The van der Waals surface area contributed by atoms with Crippen LogP contribution in [0.3, 0.4) is 0 Å². The molecule has 3 aromatic rings. The number of carbonyl (C=O) groups is 1. The van der Waals surface area contributed by atoms with Gasteiger partial charge in [-0.1, -0.05) is 29.3 Å². The molecule has 1 N–H and O–H groups in total. The molecule has 0 spiro atoms. The number of aromatic nitrogens is 1. The van der Waals surface area contributed by atoms with E-state index in [1.807, 2.05) is 30.5 Å². The Morgan fingerprint density at radius 1 is 1.13 bits per heavy atom. The second kappa shape index (κ2) is 8.69. The minimum Gasteiger partial charge on any atom is -0.318 e. The predicted molar refractivity (Wildman–Crippen MR) is 118 cm³/mol. The minimum atomic E-state index is -0.522. The molecule has 0 saturated carbocycles. The molecule has 0 atom stereocenters. The summed E-state index contributed by atoms with van der Waals surface area (Å²) in [4.78, 5) is 22.9. The molecular formula is C21H18Cl2N4O3. The van der Waals surface area contributed by atoms with E-state index >= 15 is 0 Å². The van der Waals surface area contributed by atoms with Gasteiger partial charge < -0.3 is 4.57 Å². The van der Waals surface area contributed by atoms with Crippen LogP contribution in [0.1, 0.15) is 32.9 Å². The zero-order valence-electron chi connectivity index (χ0n) is 16.4. The van der Waals surface area contributed by atoms with Crippen LogP contribution in [-0.4, -0.2) is 21.6 Å². The van der Waals surface area contributed by atoms with Gasteiger partial charge in [-0.3, -0.25) is 14.9 Å². The van der Waals surface area contributed by atoms with Crippen LogP contribution in [0.2, 0.25) is 10.0 Å². The predicted octanol–water partition coefficient (Wildman–Crippen LogP) is 5.38. The Morgan fingerprint density at radius 2 is 1.87 bits per heavy atom. The maximum Gasteiger partial charge on any atom is 0.273 e. The molecule has 0 unspecified atom stereocenters. The SMILES string of the molecule is Cc1c(C(=O)N/N=C\c2cc(C)n(-c3ccc(Cl)c(Cl)c3)c2C)cccc1[N+](=O)[O-]. The van der Waals surface area contributed by atoms with Gasteiger partial charge >= 0.3 is 0 Å². The maximum absolute atomic E-state index is 12.4. The highest BCUT2D eigenvalue weighted by Gasteiger charge is 2.17. The molecule has 1 aromatic heterocycles. The van der Waals surface area contributed by atoms with E-state index in [1.54, 1.807) is 12.1 Å². The van der Waals surface area contributed by atoms with E-state index in [-0.39, 0.29) is 16.8 Å². The number of hydrogen-bond donors (Lipinski definition) is 1. The first-order valence-electron chi connectivity index (χ1n) is 8.92. The Bertz CT molecular complexity index is 1190. The summed E-state index contributed by atoms with van der Waals surface area (Å²) in [5.74, 6) is -0.522. The number of nitrogens with zero attached hydrogens (tertiary/aromatic N) is 3. The fourth-order valence-electron chi connectivity index (χ4n) is 3.23. The van der Waals surface area contributed by atoms with Crippen LogP contribution in [-0.2, 0) is 0 Å². The molecule has 0 aliphatic rings. The van der Waals surface area contributed by atoms with Gasteiger partial charge in [0.2, 0.25) is 0 Å². The van der Waals surface area contributed by atoms with Crippen molar-refractivity contribution in [1.29, 1.82) is 0 Å². The molecule has 0 saturated heterocycles. The third-order valence-corrected chi connectivity index (χ3v) is 5.49. The summed E-state index contributed by atoms with van der Waals surface area (Å²) < 4.78 is 2.00. The van der Waals surface area contributed by atoms with Crippen molar-refractivity contribution >= 4 is 41.0 Å². The van der Waals surface area contributed by atoms with E-state index in [0.717, 1.165) is 22.6 Å². The summed E-state index contributed by atoms with van der Waals surface area (Å²) in [7, 11) is 0. The van der Waals surface area contributed by atoms with E-state index in [1.165, 1.54) is 31.3 Å². The summed E-state index contributed by atoms with van der Waals surface area (Å²) >= 11 is 12.1. The number of carbonyl (C=O) groups excluding carboxylic acids is 1. The van der Waals surface area contributed by atoms with Gasteiger partial charge in [-0.2, -0.15) is 5.10 Å². The highest BCUT2D eigenvalue weighted by atomic mass is 35.5. The van der Waals surface area contributed by atoms with E-state index in [9.17, 15) is 14.9 Å². The lowest BCUT2D eigenvalue weighted by molar-refractivity contribution is -0.385. The zero-order chi connectivity index (χ0) is 22.0. The third kappa shape index (κ3) is 4.22. The molecule has 154 valence electrons. The smallest absolute Gasteiger partial charge is 0.273 e. The van der Waals surface area contributed by atoms with Gasteiger partial charge in [-0.05, 0) is 51.1 Å². The monoisotopic (exact) mass is 444 g/mol. The molecule has 0 aliphatic heterocycles.